The first kappa shape index (κ1) is 22.3. The van der Waals surface area contributed by atoms with Gasteiger partial charge >= 0.3 is 12.0 Å². The summed E-state index contributed by atoms with van der Waals surface area (Å²) in [6, 6.07) is -1.47. The van der Waals surface area contributed by atoms with Gasteiger partial charge in [-0.15, -0.1) is 20.2 Å². The normalized spacial score (nSPS) is 9.65. The number of urea groups is 1. The molecule has 0 unspecified atom stereocenters. The van der Waals surface area contributed by atoms with Crippen molar-refractivity contribution >= 4 is 12.0 Å². The molecular weight excluding hydrogens is 286 g/mol. The second kappa shape index (κ2) is 14.2. The van der Waals surface area contributed by atoms with Crippen molar-refractivity contribution in [2.45, 2.75) is 18.9 Å². The Morgan fingerprint density at radius 1 is 1.20 bits per heavy atom. The van der Waals surface area contributed by atoms with Crippen LogP contribution in [0.5, 0.6) is 0 Å². The second-order valence-electron chi connectivity index (χ2n) is 2.85. The van der Waals surface area contributed by atoms with E-state index >= 15 is 0 Å². The number of primary amides is 1. The lowest BCUT2D eigenvalue weighted by Crippen LogP contribution is -2.33. The molecule has 0 bridgehead atoms. The zero-order chi connectivity index (χ0) is 16.7. The molecule has 0 aliphatic rings. The third kappa shape index (κ3) is 45.8. The van der Waals surface area contributed by atoms with Crippen molar-refractivity contribution in [2.24, 2.45) is 11.5 Å². The first-order chi connectivity index (χ1) is 9.00. The number of nitrogens with zero attached hydrogens (tertiary/aromatic N) is 2. The number of nitrogens with two attached hydrogens (primary N) is 2. The van der Waals surface area contributed by atoms with Crippen molar-refractivity contribution in [3.8, 4) is 0 Å². The standard InChI is InChI=1S/C6H13N3O3.2HNO3/c7-4(5(10)11)2-1-3-9-6(8)12;2*2-1(3)4/h4H,1-3,7H2,(H,10,11)(H3,8,9,12);2*(H,2,3,4)/t4-;;/m0../s1. The van der Waals surface area contributed by atoms with Crippen molar-refractivity contribution in [1.82, 2.24) is 5.32 Å². The lowest BCUT2D eigenvalue weighted by molar-refractivity contribution is -0.742. The van der Waals surface area contributed by atoms with Crippen LogP contribution >= 0.6 is 0 Å². The van der Waals surface area contributed by atoms with Gasteiger partial charge in [0.25, 0.3) is 10.2 Å². The fourth-order valence-electron chi connectivity index (χ4n) is 0.657. The summed E-state index contributed by atoms with van der Waals surface area (Å²) in [5, 5.41) is 38.0. The van der Waals surface area contributed by atoms with Gasteiger partial charge in [-0.1, -0.05) is 0 Å². The summed E-state index contributed by atoms with van der Waals surface area (Å²) in [5.74, 6) is -1.03. The third-order valence-corrected chi connectivity index (χ3v) is 1.31. The van der Waals surface area contributed by atoms with Crippen LogP contribution in [0.2, 0.25) is 0 Å². The molecule has 0 aromatic rings. The smallest absolute Gasteiger partial charge is 0.320 e. The number of rotatable bonds is 5. The van der Waals surface area contributed by atoms with E-state index in [-0.39, 0.29) is 0 Å². The summed E-state index contributed by atoms with van der Waals surface area (Å²) in [4.78, 5) is 37.1. The molecule has 0 saturated carbocycles. The van der Waals surface area contributed by atoms with Gasteiger partial charge in [-0.3, -0.25) is 4.79 Å². The minimum absolute atomic E-state index is 0.329. The van der Waals surface area contributed by atoms with Crippen LogP contribution in [0.25, 0.3) is 0 Å². The molecular formula is C6H15N5O9. The van der Waals surface area contributed by atoms with Gasteiger partial charge in [0.15, 0.2) is 0 Å². The largest absolute Gasteiger partial charge is 0.480 e. The number of hydrogen-bond acceptors (Lipinski definition) is 7. The summed E-state index contributed by atoms with van der Waals surface area (Å²) >= 11 is 0. The lowest BCUT2D eigenvalue weighted by atomic mass is 10.2. The quantitative estimate of drug-likeness (QED) is 0.188. The summed E-state index contributed by atoms with van der Waals surface area (Å²) in [6.45, 7) is 0.357. The monoisotopic (exact) mass is 301 g/mol. The minimum atomic E-state index is -1.50. The van der Waals surface area contributed by atoms with Crippen LogP contribution in [0, 0.1) is 20.2 Å². The Balaban J connectivity index is -0.000000297. The number of carboxylic acid groups (broad SMARTS) is 1. The average Bonchev–Trinajstić information content (AvgIpc) is 2.21. The highest BCUT2D eigenvalue weighted by atomic mass is 16.9. The van der Waals surface area contributed by atoms with Gasteiger partial charge in [-0.25, -0.2) is 4.79 Å². The Labute approximate surface area is 111 Å². The summed E-state index contributed by atoms with van der Waals surface area (Å²) in [6.07, 6.45) is 0.839. The molecule has 0 aromatic carbocycles. The molecule has 0 aromatic heterocycles. The first-order valence-electron chi connectivity index (χ1n) is 4.68. The average molecular weight is 301 g/mol. The molecule has 1 atom stereocenters. The van der Waals surface area contributed by atoms with Crippen LogP contribution in [-0.2, 0) is 4.79 Å². The van der Waals surface area contributed by atoms with Gasteiger partial charge in [0.2, 0.25) is 0 Å². The first-order valence-corrected chi connectivity index (χ1v) is 4.68. The molecule has 0 heterocycles. The molecule has 0 fully saturated rings. The van der Waals surface area contributed by atoms with Crippen LogP contribution in [0.3, 0.4) is 0 Å². The van der Waals surface area contributed by atoms with E-state index in [1.54, 1.807) is 0 Å². The van der Waals surface area contributed by atoms with Crippen LogP contribution in [-0.4, -0.2) is 50.3 Å². The van der Waals surface area contributed by atoms with E-state index in [0.717, 1.165) is 0 Å². The van der Waals surface area contributed by atoms with Gasteiger partial charge in [-0.2, -0.15) is 0 Å². The molecule has 0 aliphatic carbocycles. The summed E-state index contributed by atoms with van der Waals surface area (Å²) in [5.41, 5.74) is 9.96. The summed E-state index contributed by atoms with van der Waals surface area (Å²) in [7, 11) is 0. The maximum atomic E-state index is 10.2. The Bertz CT molecular complexity index is 302. The van der Waals surface area contributed by atoms with E-state index in [2.05, 4.69) is 5.32 Å². The zero-order valence-electron chi connectivity index (χ0n) is 10.0. The number of carboxylic acids is 1. The van der Waals surface area contributed by atoms with Gasteiger partial charge in [0.1, 0.15) is 6.04 Å². The Kier molecular flexibility index (Phi) is 15.8. The SMILES string of the molecule is NC(=O)NCCC[C@H](N)C(=O)O.O=[N+]([O-])O.O=[N+]([O-])O. The predicted octanol–water partition coefficient (Wildman–Crippen LogP) is -1.85. The molecule has 8 N–H and O–H groups in total. The molecule has 20 heavy (non-hydrogen) atoms. The number of hydrogen-bond donors (Lipinski definition) is 6. The topological polar surface area (TPSA) is 245 Å². The maximum absolute atomic E-state index is 10.2. The van der Waals surface area contributed by atoms with Crippen molar-refractivity contribution in [1.29, 1.82) is 0 Å². The van der Waals surface area contributed by atoms with Crippen molar-refractivity contribution in [3.63, 3.8) is 0 Å². The van der Waals surface area contributed by atoms with Crippen molar-refractivity contribution < 1.29 is 35.3 Å². The fraction of sp³-hybridized carbons (Fsp3) is 0.667. The van der Waals surface area contributed by atoms with E-state index in [1.807, 2.05) is 0 Å². The van der Waals surface area contributed by atoms with Crippen molar-refractivity contribution in [2.75, 3.05) is 6.54 Å². The zero-order valence-corrected chi connectivity index (χ0v) is 10.0. The van der Waals surface area contributed by atoms with Gasteiger partial charge in [0.05, 0.1) is 0 Å². The Morgan fingerprint density at radius 3 is 1.80 bits per heavy atom. The number of nitrogens with one attached hydrogen (secondary N) is 1. The van der Waals surface area contributed by atoms with E-state index < -0.39 is 28.2 Å². The lowest BCUT2D eigenvalue weighted by Gasteiger charge is -2.05. The molecule has 0 spiro atoms. The number of aliphatic carboxylic acids is 1. The van der Waals surface area contributed by atoms with E-state index in [1.165, 1.54) is 0 Å². The highest BCUT2D eigenvalue weighted by molar-refractivity contribution is 5.73. The molecule has 14 heteroatoms. The molecule has 0 radical (unpaired) electrons. The molecule has 2 amide bonds. The van der Waals surface area contributed by atoms with Gasteiger partial charge in [0, 0.05) is 6.54 Å². The second-order valence-corrected chi connectivity index (χ2v) is 2.85. The van der Waals surface area contributed by atoms with Crippen LogP contribution < -0.4 is 16.8 Å². The highest BCUT2D eigenvalue weighted by Crippen LogP contribution is 1.92. The maximum Gasteiger partial charge on any atom is 0.320 e. The van der Waals surface area contributed by atoms with E-state index in [4.69, 9.17) is 47.2 Å². The molecule has 0 rings (SSSR count). The summed E-state index contributed by atoms with van der Waals surface area (Å²) < 4.78 is 0. The van der Waals surface area contributed by atoms with Crippen LogP contribution in [0.1, 0.15) is 12.8 Å². The molecule has 14 nitrogen and oxygen atoms in total. The molecule has 118 valence electrons. The number of amides is 2. The fourth-order valence-corrected chi connectivity index (χ4v) is 0.657. The Hall–Kier alpha value is -2.90. The predicted molar refractivity (Wildman–Crippen MR) is 60.0 cm³/mol. The van der Waals surface area contributed by atoms with Crippen molar-refractivity contribution in [3.05, 3.63) is 20.2 Å². The van der Waals surface area contributed by atoms with E-state index in [9.17, 15) is 9.59 Å². The number of carbonyl (C=O) groups excluding carboxylic acids is 1. The van der Waals surface area contributed by atoms with Crippen LogP contribution in [0.4, 0.5) is 4.79 Å². The van der Waals surface area contributed by atoms with Gasteiger partial charge in [-0.05, 0) is 12.8 Å². The molecule has 0 saturated heterocycles. The highest BCUT2D eigenvalue weighted by Gasteiger charge is 2.09. The van der Waals surface area contributed by atoms with Gasteiger partial charge < -0.3 is 32.3 Å². The molecule has 0 aliphatic heterocycles. The van der Waals surface area contributed by atoms with E-state index in [0.29, 0.717) is 19.4 Å². The minimum Gasteiger partial charge on any atom is -0.480 e. The number of carbonyl (C=O) groups is 2. The third-order valence-electron chi connectivity index (χ3n) is 1.31. The Morgan fingerprint density at radius 2 is 1.55 bits per heavy atom. The van der Waals surface area contributed by atoms with Crippen LogP contribution in [0.15, 0.2) is 0 Å².